The van der Waals surface area contributed by atoms with Gasteiger partial charge in [0.05, 0.1) is 36.0 Å². The topological polar surface area (TPSA) is 121 Å². The van der Waals surface area contributed by atoms with Crippen molar-refractivity contribution in [1.82, 2.24) is 10.3 Å². The van der Waals surface area contributed by atoms with Gasteiger partial charge in [-0.2, -0.15) is 18.3 Å². The highest BCUT2D eigenvalue weighted by molar-refractivity contribution is 6.06. The number of carbonyl (C=O) groups is 1. The minimum atomic E-state index is -4.61. The lowest BCUT2D eigenvalue weighted by atomic mass is 10.1. The van der Waals surface area contributed by atoms with Crippen LogP contribution in [0.2, 0.25) is 0 Å². The molecule has 0 heterocycles. The Hall–Kier alpha value is -4.03. The van der Waals surface area contributed by atoms with E-state index in [1.807, 2.05) is 20.8 Å². The molecule has 0 atom stereocenters. The number of methoxy groups -OCH3 is 1. The van der Waals surface area contributed by atoms with Gasteiger partial charge in [0.25, 0.3) is 5.91 Å². The van der Waals surface area contributed by atoms with E-state index in [0.29, 0.717) is 23.4 Å². The van der Waals surface area contributed by atoms with Crippen LogP contribution in [0.5, 0.6) is 5.75 Å². The fourth-order valence-electron chi connectivity index (χ4n) is 3.71. The van der Waals surface area contributed by atoms with Gasteiger partial charge in [0.15, 0.2) is 0 Å². The second-order valence-electron chi connectivity index (χ2n) is 9.56. The van der Waals surface area contributed by atoms with Crippen LogP contribution in [0.3, 0.4) is 0 Å². The SMILES string of the molecule is C=C(/C=N\N(C)CC)/C(N)=C/N(N)c1cc(C(=O)Nc2cc(C(F)(F)F)cc(CNC3CC3)c2OC)ccc1C.CC. The predicted octanol–water partition coefficient (Wildman–Crippen LogP) is 5.53. The van der Waals surface area contributed by atoms with Crippen molar-refractivity contribution in [2.24, 2.45) is 16.7 Å². The number of hydrazine groups is 1. The van der Waals surface area contributed by atoms with Gasteiger partial charge < -0.3 is 26.1 Å². The van der Waals surface area contributed by atoms with Crippen LogP contribution >= 0.6 is 0 Å². The maximum atomic E-state index is 13.7. The number of aryl methyl sites for hydroxylation is 1. The number of rotatable bonds is 12. The highest BCUT2D eigenvalue weighted by Crippen LogP contribution is 2.38. The molecule has 12 heteroatoms. The molecular formula is C30H42F3N7O2. The fourth-order valence-corrected chi connectivity index (χ4v) is 3.71. The number of nitrogens with two attached hydrogens (primary N) is 2. The van der Waals surface area contributed by atoms with Crippen molar-refractivity contribution in [2.75, 3.05) is 31.0 Å². The van der Waals surface area contributed by atoms with Crippen molar-refractivity contribution in [1.29, 1.82) is 0 Å². The van der Waals surface area contributed by atoms with E-state index in [1.54, 1.807) is 31.1 Å². The van der Waals surface area contributed by atoms with Gasteiger partial charge in [-0.05, 0) is 56.5 Å². The molecule has 230 valence electrons. The number of nitrogens with one attached hydrogen (secondary N) is 2. The van der Waals surface area contributed by atoms with Crippen molar-refractivity contribution >= 4 is 23.5 Å². The Morgan fingerprint density at radius 3 is 2.48 bits per heavy atom. The summed E-state index contributed by atoms with van der Waals surface area (Å²) in [6.45, 7) is 12.5. The third-order valence-electron chi connectivity index (χ3n) is 6.37. The lowest BCUT2D eigenvalue weighted by Gasteiger charge is -2.20. The van der Waals surface area contributed by atoms with Crippen LogP contribution in [0.25, 0.3) is 0 Å². The quantitative estimate of drug-likeness (QED) is 0.111. The smallest absolute Gasteiger partial charge is 0.416 e. The maximum Gasteiger partial charge on any atom is 0.416 e. The molecule has 1 amide bonds. The maximum absolute atomic E-state index is 13.7. The lowest BCUT2D eigenvalue weighted by molar-refractivity contribution is -0.137. The zero-order valence-electron chi connectivity index (χ0n) is 25.1. The number of halogens is 3. The summed E-state index contributed by atoms with van der Waals surface area (Å²) >= 11 is 0. The van der Waals surface area contributed by atoms with Crippen LogP contribution in [0, 0.1) is 6.92 Å². The number of hydrazone groups is 1. The Kier molecular flexibility index (Phi) is 12.4. The molecule has 0 aliphatic heterocycles. The largest absolute Gasteiger partial charge is 0.494 e. The number of hydrogen-bond donors (Lipinski definition) is 4. The molecule has 0 bridgehead atoms. The summed E-state index contributed by atoms with van der Waals surface area (Å²) in [6, 6.07) is 6.93. The molecule has 1 aliphatic rings. The average molecular weight is 590 g/mol. The minimum absolute atomic E-state index is 0.0848. The number of alkyl halides is 3. The van der Waals surface area contributed by atoms with Gasteiger partial charge in [0.1, 0.15) is 5.75 Å². The molecule has 0 unspecified atom stereocenters. The Morgan fingerprint density at radius 1 is 1.24 bits per heavy atom. The lowest BCUT2D eigenvalue weighted by Crippen LogP contribution is -2.27. The summed E-state index contributed by atoms with van der Waals surface area (Å²) in [6.07, 6.45) is 0.287. The predicted molar refractivity (Wildman–Crippen MR) is 163 cm³/mol. The van der Waals surface area contributed by atoms with Gasteiger partial charge in [-0.1, -0.05) is 26.5 Å². The Morgan fingerprint density at radius 2 is 1.90 bits per heavy atom. The number of allylic oxidation sites excluding steroid dienone is 1. The van der Waals surface area contributed by atoms with Gasteiger partial charge in [-0.25, -0.2) is 5.84 Å². The summed E-state index contributed by atoms with van der Waals surface area (Å²) < 4.78 is 46.5. The molecular weight excluding hydrogens is 547 g/mol. The minimum Gasteiger partial charge on any atom is -0.494 e. The van der Waals surface area contributed by atoms with Crippen LogP contribution in [0.15, 0.2) is 59.5 Å². The molecule has 42 heavy (non-hydrogen) atoms. The highest BCUT2D eigenvalue weighted by Gasteiger charge is 2.33. The summed E-state index contributed by atoms with van der Waals surface area (Å²) in [4.78, 5) is 13.2. The molecule has 6 N–H and O–H groups in total. The number of benzene rings is 2. The van der Waals surface area contributed by atoms with Crippen LogP contribution in [0.1, 0.15) is 60.7 Å². The van der Waals surface area contributed by atoms with Gasteiger partial charge in [0.2, 0.25) is 0 Å². The zero-order valence-corrected chi connectivity index (χ0v) is 25.1. The number of amides is 1. The third kappa shape index (κ3) is 9.52. The van der Waals surface area contributed by atoms with Crippen LogP contribution in [-0.2, 0) is 12.7 Å². The van der Waals surface area contributed by atoms with Gasteiger partial charge >= 0.3 is 6.18 Å². The Bertz CT molecular complexity index is 1300. The fraction of sp³-hybridized carbons (Fsp3) is 0.400. The molecule has 1 aliphatic carbocycles. The molecule has 0 radical (unpaired) electrons. The molecule has 9 nitrogen and oxygen atoms in total. The summed E-state index contributed by atoms with van der Waals surface area (Å²) in [7, 11) is 3.16. The third-order valence-corrected chi connectivity index (χ3v) is 6.37. The van der Waals surface area contributed by atoms with Crippen LogP contribution in [-0.4, -0.2) is 43.9 Å². The number of anilines is 2. The molecule has 0 spiro atoms. The zero-order chi connectivity index (χ0) is 31.6. The van der Waals surface area contributed by atoms with Gasteiger partial charge in [-0.15, -0.1) is 0 Å². The first-order chi connectivity index (χ1) is 19.8. The van der Waals surface area contributed by atoms with E-state index in [9.17, 15) is 18.0 Å². The van der Waals surface area contributed by atoms with Gasteiger partial charge in [-0.3, -0.25) is 9.80 Å². The molecule has 0 aromatic heterocycles. The summed E-state index contributed by atoms with van der Waals surface area (Å²) in [5.74, 6) is 5.76. The van der Waals surface area contributed by atoms with E-state index < -0.39 is 17.6 Å². The molecule has 2 aromatic carbocycles. The Balaban J connectivity index is 0.00000301. The monoisotopic (exact) mass is 589 g/mol. The standard InChI is InChI=1S/C28H36F3N7O2.C2H6/c1-6-37(4)35-14-18(3)23(32)16-38(33)25-12-19(8-7-17(25)2)27(39)36-24-13-21(28(29,30)31)11-20(26(24)40-5)15-34-22-9-10-22;1-2/h7-8,11-14,16,22,34H,3,6,9-10,15,32-33H2,1-2,4-5H3,(H,36,39);1-2H3/b23-16-,35-14-;. The van der Waals surface area contributed by atoms with Crippen molar-refractivity contribution in [2.45, 2.75) is 59.3 Å². The summed E-state index contributed by atoms with van der Waals surface area (Å²) in [5.41, 5.74) is 7.50. The first-order valence-corrected chi connectivity index (χ1v) is 13.7. The average Bonchev–Trinajstić information content (AvgIpc) is 3.79. The van der Waals surface area contributed by atoms with Gasteiger partial charge in [0, 0.05) is 49.1 Å². The number of nitrogens with zero attached hydrogens (tertiary/aromatic N) is 3. The van der Waals surface area contributed by atoms with Crippen LogP contribution < -0.4 is 32.0 Å². The van der Waals surface area contributed by atoms with E-state index in [0.717, 1.165) is 30.5 Å². The molecule has 3 rings (SSSR count). The number of carbonyl (C=O) groups excluding carboxylic acids is 1. The first-order valence-electron chi connectivity index (χ1n) is 13.7. The molecule has 2 aromatic rings. The van der Waals surface area contributed by atoms with Crippen LogP contribution in [0.4, 0.5) is 24.5 Å². The molecule has 1 saturated carbocycles. The normalized spacial score (nSPS) is 13.3. The Labute approximate surface area is 246 Å². The number of ether oxygens (including phenoxy) is 1. The molecule has 0 saturated heterocycles. The van der Waals surface area contributed by atoms with E-state index >= 15 is 0 Å². The van der Waals surface area contributed by atoms with E-state index in [2.05, 4.69) is 22.3 Å². The van der Waals surface area contributed by atoms with Crippen molar-refractivity contribution < 1.29 is 22.7 Å². The molecule has 1 fully saturated rings. The highest BCUT2D eigenvalue weighted by atomic mass is 19.4. The van der Waals surface area contributed by atoms with E-state index in [4.69, 9.17) is 16.3 Å². The van der Waals surface area contributed by atoms with Crippen molar-refractivity contribution in [3.63, 3.8) is 0 Å². The second-order valence-corrected chi connectivity index (χ2v) is 9.56. The summed E-state index contributed by atoms with van der Waals surface area (Å²) in [5, 5.41) is 12.9. The number of hydrogen-bond acceptors (Lipinski definition) is 8. The van der Waals surface area contributed by atoms with Crippen molar-refractivity contribution in [3.8, 4) is 5.75 Å². The van der Waals surface area contributed by atoms with E-state index in [-0.39, 0.29) is 35.3 Å². The second kappa shape index (κ2) is 15.3. The first kappa shape index (κ1) is 34.2. The van der Waals surface area contributed by atoms with E-state index in [1.165, 1.54) is 30.6 Å². The van der Waals surface area contributed by atoms with Crippen molar-refractivity contribution in [3.05, 3.63) is 76.6 Å².